The number of esters is 1. The van der Waals surface area contributed by atoms with Gasteiger partial charge in [0.15, 0.2) is 0 Å². The van der Waals surface area contributed by atoms with Gasteiger partial charge in [0.1, 0.15) is 0 Å². The number of carboxylic acids is 2. The van der Waals surface area contributed by atoms with E-state index in [0.717, 1.165) is 43.2 Å². The van der Waals surface area contributed by atoms with Crippen LogP contribution < -0.4 is 0 Å². The van der Waals surface area contributed by atoms with E-state index in [4.69, 9.17) is 4.74 Å². The van der Waals surface area contributed by atoms with Gasteiger partial charge in [-0.3, -0.25) is 9.59 Å². The van der Waals surface area contributed by atoms with E-state index in [9.17, 15) is 24.6 Å². The van der Waals surface area contributed by atoms with Crippen LogP contribution in [0.25, 0.3) is 0 Å². The Hall–Kier alpha value is -2.63. The second-order valence-electron chi connectivity index (χ2n) is 9.80. The van der Waals surface area contributed by atoms with Crippen molar-refractivity contribution in [2.24, 2.45) is 16.7 Å². The highest BCUT2D eigenvalue weighted by Crippen LogP contribution is 2.54. The smallest absolute Gasteiger partial charge is 0.338 e. The Balaban J connectivity index is 2.50. The van der Waals surface area contributed by atoms with Crippen molar-refractivity contribution in [1.29, 1.82) is 0 Å². The molecule has 1 aromatic rings. The van der Waals surface area contributed by atoms with Crippen LogP contribution in [0.15, 0.2) is 35.9 Å². The maximum Gasteiger partial charge on any atom is 0.338 e. The summed E-state index contributed by atoms with van der Waals surface area (Å²) in [5, 5.41) is 20.6. The Labute approximate surface area is 203 Å². The fraction of sp³-hybridized carbons (Fsp3) is 0.607. The van der Waals surface area contributed by atoms with Crippen LogP contribution in [-0.2, 0) is 20.7 Å². The Morgan fingerprint density at radius 1 is 1.06 bits per heavy atom. The zero-order valence-corrected chi connectivity index (χ0v) is 21.1. The predicted octanol–water partition coefficient (Wildman–Crippen LogP) is 6.28. The summed E-state index contributed by atoms with van der Waals surface area (Å²) in [7, 11) is 0. The molecule has 0 saturated heterocycles. The summed E-state index contributed by atoms with van der Waals surface area (Å²) in [4.78, 5) is 37.4. The molecule has 0 fully saturated rings. The molecule has 0 bridgehead atoms. The summed E-state index contributed by atoms with van der Waals surface area (Å²) >= 11 is 0. The van der Waals surface area contributed by atoms with E-state index < -0.39 is 28.7 Å². The second-order valence-corrected chi connectivity index (χ2v) is 9.80. The Morgan fingerprint density at radius 3 is 2.38 bits per heavy atom. The van der Waals surface area contributed by atoms with Gasteiger partial charge in [0, 0.05) is 0 Å². The standard InChI is InChI=1S/C28H40O6/c1-5-8-9-10-14-22(6-2)28(26(32)33)19-27(4,25(30)31)16-15-23(28)18-20-12-11-13-21(17-20)24(29)34-7-3/h11-13,15,17,22H,5-10,14,16,18-19H2,1-4H3,(H,30,31)(H,32,33). The molecular formula is C28H40O6. The second kappa shape index (κ2) is 12.2. The van der Waals surface area contributed by atoms with Gasteiger partial charge in [-0.25, -0.2) is 4.79 Å². The Morgan fingerprint density at radius 2 is 1.79 bits per heavy atom. The molecule has 2 N–H and O–H groups in total. The normalized spacial score (nSPS) is 23.1. The lowest BCUT2D eigenvalue weighted by atomic mass is 9.55. The van der Waals surface area contributed by atoms with Crippen molar-refractivity contribution in [2.45, 2.75) is 85.5 Å². The van der Waals surface area contributed by atoms with Gasteiger partial charge in [-0.2, -0.15) is 0 Å². The lowest BCUT2D eigenvalue weighted by Gasteiger charge is -2.46. The lowest BCUT2D eigenvalue weighted by Crippen LogP contribution is -2.49. The minimum atomic E-state index is -1.26. The fourth-order valence-corrected chi connectivity index (χ4v) is 5.38. The summed E-state index contributed by atoms with van der Waals surface area (Å²) in [6, 6.07) is 7.09. The highest BCUT2D eigenvalue weighted by Gasteiger charge is 2.55. The third-order valence-corrected chi connectivity index (χ3v) is 7.37. The van der Waals surface area contributed by atoms with Crippen LogP contribution in [0.2, 0.25) is 0 Å². The van der Waals surface area contributed by atoms with Crippen LogP contribution in [0.1, 0.15) is 95.0 Å². The van der Waals surface area contributed by atoms with E-state index in [0.29, 0.717) is 18.4 Å². The molecule has 6 heteroatoms. The topological polar surface area (TPSA) is 101 Å². The van der Waals surface area contributed by atoms with Crippen LogP contribution in [0.5, 0.6) is 0 Å². The van der Waals surface area contributed by atoms with Crippen LogP contribution in [-0.4, -0.2) is 34.7 Å². The number of carboxylic acid groups (broad SMARTS) is 2. The number of hydrogen-bond donors (Lipinski definition) is 2. The highest BCUT2D eigenvalue weighted by atomic mass is 16.5. The summed E-state index contributed by atoms with van der Waals surface area (Å²) < 4.78 is 5.11. The Bertz CT molecular complexity index is 904. The maximum atomic E-state index is 13.0. The van der Waals surface area contributed by atoms with Gasteiger partial charge >= 0.3 is 17.9 Å². The third-order valence-electron chi connectivity index (χ3n) is 7.37. The average molecular weight is 473 g/mol. The maximum absolute atomic E-state index is 13.0. The SMILES string of the molecule is CCCCCCC(CC)C1(C(=O)O)CC(C)(C(=O)O)CC=C1Cc1cccc(C(=O)OCC)c1. The molecule has 1 aromatic carbocycles. The molecule has 3 atom stereocenters. The number of benzene rings is 1. The number of hydrogen-bond acceptors (Lipinski definition) is 4. The Kier molecular flexibility index (Phi) is 9.90. The number of unbranched alkanes of at least 4 members (excludes halogenated alkanes) is 3. The van der Waals surface area contributed by atoms with Gasteiger partial charge in [0.05, 0.1) is 23.0 Å². The van der Waals surface area contributed by atoms with Crippen molar-refractivity contribution in [3.63, 3.8) is 0 Å². The molecular weight excluding hydrogens is 432 g/mol. The summed E-state index contributed by atoms with van der Waals surface area (Å²) in [6.07, 6.45) is 8.14. The van der Waals surface area contributed by atoms with Gasteiger partial charge in [0.25, 0.3) is 0 Å². The molecule has 1 aliphatic rings. The number of aliphatic carboxylic acids is 2. The first-order valence-electron chi connectivity index (χ1n) is 12.6. The third kappa shape index (κ3) is 6.08. The molecule has 0 spiro atoms. The van der Waals surface area contributed by atoms with E-state index in [1.54, 1.807) is 32.0 Å². The number of carbonyl (C=O) groups excluding carboxylic acids is 1. The average Bonchev–Trinajstić information content (AvgIpc) is 2.80. The van der Waals surface area contributed by atoms with Crippen LogP contribution in [0, 0.1) is 16.7 Å². The van der Waals surface area contributed by atoms with Gasteiger partial charge in [0.2, 0.25) is 0 Å². The van der Waals surface area contributed by atoms with Gasteiger partial charge in [-0.15, -0.1) is 0 Å². The molecule has 0 saturated carbocycles. The van der Waals surface area contributed by atoms with Gasteiger partial charge in [-0.05, 0) is 63.1 Å². The van der Waals surface area contributed by atoms with Crippen LogP contribution >= 0.6 is 0 Å². The van der Waals surface area contributed by atoms with E-state index in [1.807, 2.05) is 19.1 Å². The highest BCUT2D eigenvalue weighted by molar-refractivity contribution is 5.89. The number of allylic oxidation sites excluding steroid dienone is 1. The lowest BCUT2D eigenvalue weighted by molar-refractivity contribution is -0.159. The molecule has 0 aromatic heterocycles. The van der Waals surface area contributed by atoms with Crippen molar-refractivity contribution >= 4 is 17.9 Å². The zero-order valence-electron chi connectivity index (χ0n) is 21.1. The summed E-state index contributed by atoms with van der Waals surface area (Å²) in [5.74, 6) is -2.49. The van der Waals surface area contributed by atoms with Gasteiger partial charge < -0.3 is 14.9 Å². The molecule has 0 aliphatic heterocycles. The number of ether oxygens (including phenoxy) is 1. The fourth-order valence-electron chi connectivity index (χ4n) is 5.38. The molecule has 6 nitrogen and oxygen atoms in total. The van der Waals surface area contributed by atoms with Crippen LogP contribution in [0.4, 0.5) is 0 Å². The van der Waals surface area contributed by atoms with Crippen molar-refractivity contribution < 1.29 is 29.3 Å². The number of carbonyl (C=O) groups is 3. The zero-order chi connectivity index (χ0) is 25.4. The molecule has 0 radical (unpaired) electrons. The van der Waals surface area contributed by atoms with E-state index >= 15 is 0 Å². The molecule has 2 rings (SSSR count). The molecule has 3 unspecified atom stereocenters. The molecule has 1 aliphatic carbocycles. The molecule has 34 heavy (non-hydrogen) atoms. The quantitative estimate of drug-likeness (QED) is 0.199. The largest absolute Gasteiger partial charge is 0.481 e. The van der Waals surface area contributed by atoms with Gasteiger partial charge in [-0.1, -0.05) is 69.7 Å². The van der Waals surface area contributed by atoms with E-state index in [-0.39, 0.29) is 25.4 Å². The van der Waals surface area contributed by atoms with Crippen molar-refractivity contribution in [2.75, 3.05) is 6.61 Å². The molecule has 188 valence electrons. The van der Waals surface area contributed by atoms with E-state index in [1.165, 1.54) is 0 Å². The number of rotatable bonds is 13. The monoisotopic (exact) mass is 472 g/mol. The molecule has 0 heterocycles. The van der Waals surface area contributed by atoms with E-state index in [2.05, 4.69) is 6.92 Å². The van der Waals surface area contributed by atoms with Crippen molar-refractivity contribution in [3.05, 3.63) is 47.0 Å². The minimum absolute atomic E-state index is 0.0698. The molecule has 0 amide bonds. The summed E-state index contributed by atoms with van der Waals surface area (Å²) in [6.45, 7) is 7.83. The van der Waals surface area contributed by atoms with Crippen molar-refractivity contribution in [1.82, 2.24) is 0 Å². The summed E-state index contributed by atoms with van der Waals surface area (Å²) in [5.41, 5.74) is -0.388. The first-order chi connectivity index (χ1) is 16.1. The van der Waals surface area contributed by atoms with Crippen molar-refractivity contribution in [3.8, 4) is 0 Å². The first kappa shape index (κ1) is 27.6. The minimum Gasteiger partial charge on any atom is -0.481 e. The first-order valence-corrected chi connectivity index (χ1v) is 12.6. The van der Waals surface area contributed by atoms with Crippen LogP contribution in [0.3, 0.4) is 0 Å². The predicted molar refractivity (Wildman–Crippen MR) is 132 cm³/mol.